The van der Waals surface area contributed by atoms with E-state index in [4.69, 9.17) is 0 Å². The molecule has 80 valence electrons. The molecular weight excluding hydrogens is 224 g/mol. The molecule has 7 heteroatoms. The van der Waals surface area contributed by atoms with E-state index in [1.165, 1.54) is 12.5 Å². The maximum absolute atomic E-state index is 10.8. The maximum Gasteiger partial charge on any atom is 0.147 e. The number of aliphatic hydroxyl groups is 1. The molecule has 1 heterocycles. The number of aliphatic hydroxyl groups excluding tert-OH is 1. The average Bonchev–Trinajstić information content (AvgIpc) is 2.53. The summed E-state index contributed by atoms with van der Waals surface area (Å²) in [6, 6.07) is 0. The molecule has 14 heavy (non-hydrogen) atoms. The number of rotatable bonds is 5. The van der Waals surface area contributed by atoms with E-state index >= 15 is 0 Å². The third-order valence-electron chi connectivity index (χ3n) is 1.71. The summed E-state index contributed by atoms with van der Waals surface area (Å²) in [4.78, 5) is 0. The standard InChI is InChI=1S/C7H12N2O3S2/c1-14(11,12)4-2-3-7(10)6-5-8-13-9-6/h5,7,10H,2-4H2,1H3. The molecule has 1 aromatic rings. The third kappa shape index (κ3) is 4.12. The van der Waals surface area contributed by atoms with Crippen molar-refractivity contribution in [2.45, 2.75) is 18.9 Å². The molecule has 0 bridgehead atoms. The Kier molecular flexibility index (Phi) is 3.97. The Labute approximate surface area is 87.0 Å². The van der Waals surface area contributed by atoms with Gasteiger partial charge in [0.1, 0.15) is 15.5 Å². The Morgan fingerprint density at radius 1 is 1.64 bits per heavy atom. The highest BCUT2D eigenvalue weighted by molar-refractivity contribution is 7.90. The summed E-state index contributed by atoms with van der Waals surface area (Å²) in [6.07, 6.45) is 2.82. The molecule has 0 fully saturated rings. The van der Waals surface area contributed by atoms with E-state index in [1.54, 1.807) is 0 Å². The largest absolute Gasteiger partial charge is 0.387 e. The molecule has 0 aliphatic carbocycles. The van der Waals surface area contributed by atoms with Crippen molar-refractivity contribution in [3.05, 3.63) is 11.9 Å². The van der Waals surface area contributed by atoms with Gasteiger partial charge in [-0.15, -0.1) is 0 Å². The van der Waals surface area contributed by atoms with Gasteiger partial charge in [0.15, 0.2) is 0 Å². The fourth-order valence-electron chi connectivity index (χ4n) is 1.01. The van der Waals surface area contributed by atoms with Crippen molar-refractivity contribution < 1.29 is 13.5 Å². The fraction of sp³-hybridized carbons (Fsp3) is 0.714. The van der Waals surface area contributed by atoms with Gasteiger partial charge in [-0.05, 0) is 12.8 Å². The molecule has 1 unspecified atom stereocenters. The van der Waals surface area contributed by atoms with Crippen molar-refractivity contribution in [3.63, 3.8) is 0 Å². The molecule has 0 spiro atoms. The molecular formula is C7H12N2O3S2. The van der Waals surface area contributed by atoms with Crippen molar-refractivity contribution in [1.82, 2.24) is 8.75 Å². The van der Waals surface area contributed by atoms with Gasteiger partial charge in [0.2, 0.25) is 0 Å². The maximum atomic E-state index is 10.8. The molecule has 0 saturated carbocycles. The first-order valence-electron chi connectivity index (χ1n) is 4.12. The number of sulfone groups is 1. The van der Waals surface area contributed by atoms with Crippen LogP contribution in [0, 0.1) is 0 Å². The first-order valence-corrected chi connectivity index (χ1v) is 6.91. The zero-order valence-corrected chi connectivity index (χ0v) is 9.38. The van der Waals surface area contributed by atoms with Gasteiger partial charge in [0.05, 0.1) is 24.0 Å². The Balaban J connectivity index is 2.33. The second-order valence-electron chi connectivity index (χ2n) is 3.12. The Morgan fingerprint density at radius 3 is 2.86 bits per heavy atom. The second-order valence-corrected chi connectivity index (χ2v) is 5.94. The highest BCUT2D eigenvalue weighted by Crippen LogP contribution is 2.16. The van der Waals surface area contributed by atoms with Crippen LogP contribution >= 0.6 is 11.7 Å². The molecule has 1 N–H and O–H groups in total. The molecule has 0 aliphatic rings. The van der Waals surface area contributed by atoms with Crippen LogP contribution in [-0.4, -0.2) is 34.3 Å². The number of hydrogen-bond donors (Lipinski definition) is 1. The molecule has 5 nitrogen and oxygen atoms in total. The first-order chi connectivity index (χ1) is 6.49. The molecule has 1 atom stereocenters. The van der Waals surface area contributed by atoms with Crippen molar-refractivity contribution >= 4 is 21.6 Å². The van der Waals surface area contributed by atoms with Crippen molar-refractivity contribution in [2.24, 2.45) is 0 Å². The van der Waals surface area contributed by atoms with Gasteiger partial charge >= 0.3 is 0 Å². The van der Waals surface area contributed by atoms with E-state index in [-0.39, 0.29) is 5.75 Å². The van der Waals surface area contributed by atoms with Gasteiger partial charge in [-0.25, -0.2) is 8.42 Å². The lowest BCUT2D eigenvalue weighted by atomic mass is 10.2. The van der Waals surface area contributed by atoms with Crippen LogP contribution in [0.1, 0.15) is 24.6 Å². The predicted octanol–water partition coefficient (Wildman–Crippen LogP) is 0.396. The summed E-state index contributed by atoms with van der Waals surface area (Å²) in [5.74, 6) is 0.0988. The lowest BCUT2D eigenvalue weighted by Gasteiger charge is -2.05. The number of hydrogen-bond acceptors (Lipinski definition) is 6. The highest BCUT2D eigenvalue weighted by atomic mass is 32.2. The SMILES string of the molecule is CS(=O)(=O)CCCC(O)c1cnsn1. The summed E-state index contributed by atoms with van der Waals surface area (Å²) in [7, 11) is -2.93. The fourth-order valence-corrected chi connectivity index (χ4v) is 2.16. The Morgan fingerprint density at radius 2 is 2.36 bits per heavy atom. The van der Waals surface area contributed by atoms with E-state index < -0.39 is 15.9 Å². The zero-order chi connectivity index (χ0) is 10.6. The minimum atomic E-state index is -2.93. The van der Waals surface area contributed by atoms with Gasteiger partial charge in [0.25, 0.3) is 0 Å². The third-order valence-corrected chi connectivity index (χ3v) is 3.23. The van der Waals surface area contributed by atoms with E-state index in [9.17, 15) is 13.5 Å². The van der Waals surface area contributed by atoms with Crippen LogP contribution < -0.4 is 0 Å². The summed E-state index contributed by atoms with van der Waals surface area (Å²) >= 11 is 1.03. The van der Waals surface area contributed by atoms with E-state index in [1.807, 2.05) is 0 Å². The van der Waals surface area contributed by atoms with E-state index in [2.05, 4.69) is 8.75 Å². The van der Waals surface area contributed by atoms with Crippen LogP contribution in [0.5, 0.6) is 0 Å². The van der Waals surface area contributed by atoms with Crippen molar-refractivity contribution in [1.29, 1.82) is 0 Å². The average molecular weight is 236 g/mol. The topological polar surface area (TPSA) is 80.2 Å². The minimum absolute atomic E-state index is 0.0988. The zero-order valence-electron chi connectivity index (χ0n) is 7.75. The smallest absolute Gasteiger partial charge is 0.147 e. The van der Waals surface area contributed by atoms with E-state index in [0.717, 1.165) is 11.7 Å². The van der Waals surface area contributed by atoms with Crippen molar-refractivity contribution in [3.8, 4) is 0 Å². The summed E-state index contributed by atoms with van der Waals surface area (Å²) < 4.78 is 29.2. The molecule has 0 amide bonds. The molecule has 0 aromatic carbocycles. The molecule has 0 saturated heterocycles. The normalized spacial score (nSPS) is 14.1. The molecule has 0 aliphatic heterocycles. The van der Waals surface area contributed by atoms with Gasteiger partial charge < -0.3 is 5.11 Å². The monoisotopic (exact) mass is 236 g/mol. The van der Waals surface area contributed by atoms with Crippen LogP contribution in [0.4, 0.5) is 0 Å². The van der Waals surface area contributed by atoms with Crippen LogP contribution in [0.3, 0.4) is 0 Å². The summed E-state index contributed by atoms with van der Waals surface area (Å²) in [6.45, 7) is 0. The van der Waals surface area contributed by atoms with Crippen LogP contribution in [0.2, 0.25) is 0 Å². The van der Waals surface area contributed by atoms with Gasteiger partial charge in [-0.3, -0.25) is 0 Å². The number of aromatic nitrogens is 2. The van der Waals surface area contributed by atoms with Crippen molar-refractivity contribution in [2.75, 3.05) is 12.0 Å². The predicted molar refractivity (Wildman–Crippen MR) is 53.8 cm³/mol. The quantitative estimate of drug-likeness (QED) is 0.800. The van der Waals surface area contributed by atoms with Crippen LogP contribution in [0.15, 0.2) is 6.20 Å². The number of nitrogens with zero attached hydrogens (tertiary/aromatic N) is 2. The molecule has 0 radical (unpaired) electrons. The lowest BCUT2D eigenvalue weighted by Crippen LogP contribution is -2.05. The van der Waals surface area contributed by atoms with Crippen LogP contribution in [-0.2, 0) is 9.84 Å². The van der Waals surface area contributed by atoms with E-state index in [0.29, 0.717) is 18.5 Å². The molecule has 1 rings (SSSR count). The molecule has 1 aromatic heterocycles. The minimum Gasteiger partial charge on any atom is -0.387 e. The lowest BCUT2D eigenvalue weighted by molar-refractivity contribution is 0.163. The van der Waals surface area contributed by atoms with Gasteiger partial charge in [0, 0.05) is 12.0 Å². The van der Waals surface area contributed by atoms with Gasteiger partial charge in [-0.2, -0.15) is 8.75 Å². The highest BCUT2D eigenvalue weighted by Gasteiger charge is 2.11. The summed E-state index contributed by atoms with van der Waals surface area (Å²) in [5.41, 5.74) is 0.517. The second kappa shape index (κ2) is 4.81. The van der Waals surface area contributed by atoms with Gasteiger partial charge in [-0.1, -0.05) is 0 Å². The first kappa shape index (κ1) is 11.5. The summed E-state index contributed by atoms with van der Waals surface area (Å²) in [5, 5.41) is 9.52. The Hall–Kier alpha value is -0.530. The Bertz CT molecular complexity index is 360. The van der Waals surface area contributed by atoms with Crippen LogP contribution in [0.25, 0.3) is 0 Å².